The van der Waals surface area contributed by atoms with E-state index in [9.17, 15) is 0 Å². The van der Waals surface area contributed by atoms with Crippen LogP contribution in [-0.4, -0.2) is 17.3 Å². The van der Waals surface area contributed by atoms with Crippen LogP contribution in [0.15, 0.2) is 12.1 Å². The number of benzene rings is 1. The lowest BCUT2D eigenvalue weighted by Gasteiger charge is -2.14. The first-order chi connectivity index (χ1) is 8.04. The fourth-order valence-corrected chi connectivity index (χ4v) is 2.13. The van der Waals surface area contributed by atoms with Crippen molar-refractivity contribution in [1.29, 1.82) is 0 Å². The summed E-state index contributed by atoms with van der Waals surface area (Å²) in [5.41, 5.74) is 11.1. The van der Waals surface area contributed by atoms with Gasteiger partial charge < -0.3 is 10.5 Å². The first-order valence-corrected chi connectivity index (χ1v) is 5.50. The lowest BCUT2D eigenvalue weighted by Crippen LogP contribution is -1.96. The number of nitrogens with one attached hydrogen (secondary N) is 1. The zero-order chi connectivity index (χ0) is 12.6. The number of H-pyrrole nitrogens is 1. The minimum atomic E-state index is 0.505. The smallest absolute Gasteiger partial charge is 0.145 e. The molecule has 0 amide bonds. The lowest BCUT2D eigenvalue weighted by atomic mass is 9.97. The molecule has 17 heavy (non-hydrogen) atoms. The van der Waals surface area contributed by atoms with Crippen LogP contribution in [0.1, 0.15) is 16.7 Å². The van der Waals surface area contributed by atoms with E-state index in [2.05, 4.69) is 30.1 Å². The quantitative estimate of drug-likeness (QED) is 0.835. The number of aromatic amines is 1. The average molecular weight is 231 g/mol. The molecule has 0 radical (unpaired) electrons. The van der Waals surface area contributed by atoms with Gasteiger partial charge in [0.1, 0.15) is 11.6 Å². The highest BCUT2D eigenvalue weighted by Crippen LogP contribution is 2.33. The third-order valence-electron chi connectivity index (χ3n) is 3.12. The molecule has 2 rings (SSSR count). The Morgan fingerprint density at radius 1 is 1.18 bits per heavy atom. The van der Waals surface area contributed by atoms with Crippen LogP contribution in [0.3, 0.4) is 0 Å². The number of rotatable bonds is 2. The molecule has 4 heteroatoms. The molecule has 0 aliphatic heterocycles. The topological polar surface area (TPSA) is 63.9 Å². The van der Waals surface area contributed by atoms with Gasteiger partial charge in [0.15, 0.2) is 0 Å². The molecule has 0 bridgehead atoms. The summed E-state index contributed by atoms with van der Waals surface area (Å²) in [4.78, 5) is 0. The lowest BCUT2D eigenvalue weighted by molar-refractivity contribution is 0.408. The molecule has 1 aromatic heterocycles. The molecular formula is C13H17N3O. The molecular weight excluding hydrogens is 214 g/mol. The summed E-state index contributed by atoms with van der Waals surface area (Å²) in [6, 6.07) is 3.93. The third-order valence-corrected chi connectivity index (χ3v) is 3.12. The van der Waals surface area contributed by atoms with E-state index in [4.69, 9.17) is 10.5 Å². The first kappa shape index (κ1) is 11.5. The van der Waals surface area contributed by atoms with Crippen molar-refractivity contribution in [3.05, 3.63) is 28.8 Å². The standard InChI is InChI=1S/C13H17N3O/c1-7-5-10(11-6-12(14)16-15-11)8(2)9(3)13(7)17-4/h5-6H,1-4H3,(H3,14,15,16). The van der Waals surface area contributed by atoms with Gasteiger partial charge in [0.25, 0.3) is 0 Å². The number of aromatic nitrogens is 2. The van der Waals surface area contributed by atoms with Crippen LogP contribution in [0.4, 0.5) is 5.82 Å². The molecule has 0 fully saturated rings. The Bertz CT molecular complexity index is 558. The van der Waals surface area contributed by atoms with Gasteiger partial charge in [0.05, 0.1) is 12.8 Å². The fraction of sp³-hybridized carbons (Fsp3) is 0.308. The van der Waals surface area contributed by atoms with Crippen molar-refractivity contribution >= 4 is 5.82 Å². The molecule has 0 aliphatic carbocycles. The molecule has 90 valence electrons. The summed E-state index contributed by atoms with van der Waals surface area (Å²) < 4.78 is 5.40. The Morgan fingerprint density at radius 2 is 1.88 bits per heavy atom. The van der Waals surface area contributed by atoms with Gasteiger partial charge in [-0.1, -0.05) is 0 Å². The molecule has 1 heterocycles. The molecule has 3 N–H and O–H groups in total. The monoisotopic (exact) mass is 231 g/mol. The summed E-state index contributed by atoms with van der Waals surface area (Å²) in [5, 5.41) is 6.90. The summed E-state index contributed by atoms with van der Waals surface area (Å²) in [6.45, 7) is 6.17. The van der Waals surface area contributed by atoms with E-state index in [-0.39, 0.29) is 0 Å². The summed E-state index contributed by atoms with van der Waals surface area (Å²) in [6.07, 6.45) is 0. The number of aryl methyl sites for hydroxylation is 1. The largest absolute Gasteiger partial charge is 0.496 e. The van der Waals surface area contributed by atoms with Crippen LogP contribution in [0, 0.1) is 20.8 Å². The van der Waals surface area contributed by atoms with Crippen LogP contribution in [0.25, 0.3) is 11.3 Å². The van der Waals surface area contributed by atoms with E-state index in [0.29, 0.717) is 5.82 Å². The third kappa shape index (κ3) is 1.86. The SMILES string of the molecule is COc1c(C)cc(-c2cc(N)n[nH]2)c(C)c1C. The van der Waals surface area contributed by atoms with Gasteiger partial charge in [0.2, 0.25) is 0 Å². The van der Waals surface area contributed by atoms with Crippen LogP contribution in [-0.2, 0) is 0 Å². The number of ether oxygens (including phenoxy) is 1. The highest BCUT2D eigenvalue weighted by Gasteiger charge is 2.13. The van der Waals surface area contributed by atoms with Gasteiger partial charge in [-0.25, -0.2) is 0 Å². The van der Waals surface area contributed by atoms with E-state index in [1.54, 1.807) is 7.11 Å². The maximum atomic E-state index is 5.63. The Hall–Kier alpha value is -1.97. The minimum Gasteiger partial charge on any atom is -0.496 e. The van der Waals surface area contributed by atoms with Gasteiger partial charge in [-0.3, -0.25) is 5.10 Å². The minimum absolute atomic E-state index is 0.505. The van der Waals surface area contributed by atoms with Crippen LogP contribution in [0.5, 0.6) is 5.75 Å². The molecule has 1 aromatic carbocycles. The van der Waals surface area contributed by atoms with Crippen LogP contribution in [0.2, 0.25) is 0 Å². The highest BCUT2D eigenvalue weighted by atomic mass is 16.5. The molecule has 0 saturated heterocycles. The first-order valence-electron chi connectivity index (χ1n) is 5.50. The fourth-order valence-electron chi connectivity index (χ4n) is 2.13. The average Bonchev–Trinajstić information content (AvgIpc) is 2.71. The van der Waals surface area contributed by atoms with Crippen molar-refractivity contribution < 1.29 is 4.74 Å². The Morgan fingerprint density at radius 3 is 2.41 bits per heavy atom. The van der Waals surface area contributed by atoms with Crippen molar-refractivity contribution in [2.75, 3.05) is 12.8 Å². The van der Waals surface area contributed by atoms with Gasteiger partial charge in [-0.15, -0.1) is 0 Å². The zero-order valence-corrected chi connectivity index (χ0v) is 10.6. The molecule has 4 nitrogen and oxygen atoms in total. The van der Waals surface area contributed by atoms with E-state index >= 15 is 0 Å². The normalized spacial score (nSPS) is 10.6. The van der Waals surface area contributed by atoms with Crippen molar-refractivity contribution in [2.45, 2.75) is 20.8 Å². The summed E-state index contributed by atoms with van der Waals surface area (Å²) in [7, 11) is 1.70. The predicted molar refractivity (Wildman–Crippen MR) is 69.2 cm³/mol. The molecule has 0 aliphatic rings. The second-order valence-electron chi connectivity index (χ2n) is 4.23. The maximum Gasteiger partial charge on any atom is 0.145 e. The highest BCUT2D eigenvalue weighted by molar-refractivity contribution is 5.70. The van der Waals surface area contributed by atoms with E-state index in [1.807, 2.05) is 13.0 Å². The number of methoxy groups -OCH3 is 1. The molecule has 0 saturated carbocycles. The van der Waals surface area contributed by atoms with Crippen molar-refractivity contribution in [3.8, 4) is 17.0 Å². The molecule has 2 aromatic rings. The molecule has 0 unspecified atom stereocenters. The maximum absolute atomic E-state index is 5.63. The van der Waals surface area contributed by atoms with Gasteiger partial charge >= 0.3 is 0 Å². The second-order valence-corrected chi connectivity index (χ2v) is 4.23. The zero-order valence-electron chi connectivity index (χ0n) is 10.6. The Kier molecular flexibility index (Phi) is 2.79. The Labute approximate surface area is 101 Å². The summed E-state index contributed by atoms with van der Waals surface area (Å²) >= 11 is 0. The van der Waals surface area contributed by atoms with Crippen molar-refractivity contribution in [1.82, 2.24) is 10.2 Å². The van der Waals surface area contributed by atoms with E-state index < -0.39 is 0 Å². The number of hydrogen-bond acceptors (Lipinski definition) is 3. The number of nitrogens with zero attached hydrogens (tertiary/aromatic N) is 1. The van der Waals surface area contributed by atoms with Crippen molar-refractivity contribution in [3.63, 3.8) is 0 Å². The van der Waals surface area contributed by atoms with Gasteiger partial charge in [-0.2, -0.15) is 5.10 Å². The number of nitrogens with two attached hydrogens (primary N) is 1. The predicted octanol–water partition coefficient (Wildman–Crippen LogP) is 2.59. The molecule has 0 spiro atoms. The van der Waals surface area contributed by atoms with Crippen molar-refractivity contribution in [2.24, 2.45) is 0 Å². The van der Waals surface area contributed by atoms with E-state index in [1.165, 1.54) is 5.56 Å². The number of anilines is 1. The number of hydrogen-bond donors (Lipinski definition) is 2. The number of nitrogen functional groups attached to an aromatic ring is 1. The Balaban J connectivity index is 2.64. The van der Waals surface area contributed by atoms with Crippen LogP contribution >= 0.6 is 0 Å². The van der Waals surface area contributed by atoms with Gasteiger partial charge in [-0.05, 0) is 43.5 Å². The molecule has 0 atom stereocenters. The van der Waals surface area contributed by atoms with Crippen LogP contribution < -0.4 is 10.5 Å². The van der Waals surface area contributed by atoms with E-state index in [0.717, 1.165) is 28.1 Å². The van der Waals surface area contributed by atoms with Gasteiger partial charge in [0, 0.05) is 11.6 Å². The second kappa shape index (κ2) is 4.13. The summed E-state index contributed by atoms with van der Waals surface area (Å²) in [5.74, 6) is 1.45.